The molecule has 0 atom stereocenters. The van der Waals surface area contributed by atoms with Crippen LogP contribution in [0.1, 0.15) is 20.5 Å². The molecule has 26 heavy (non-hydrogen) atoms. The van der Waals surface area contributed by atoms with Gasteiger partial charge in [-0.1, -0.05) is 0 Å². The van der Waals surface area contributed by atoms with Crippen LogP contribution in [0.2, 0.25) is 0 Å². The van der Waals surface area contributed by atoms with E-state index in [9.17, 15) is 19.6 Å². The summed E-state index contributed by atoms with van der Waals surface area (Å²) >= 11 is -0.606. The van der Waals surface area contributed by atoms with E-state index in [0.717, 1.165) is 0 Å². The maximum atomic E-state index is 15.0. The van der Waals surface area contributed by atoms with E-state index in [4.69, 9.17) is 4.74 Å². The molecule has 1 aromatic heterocycles. The molecule has 0 aliphatic carbocycles. The van der Waals surface area contributed by atoms with E-state index < -0.39 is 26.3 Å². The van der Waals surface area contributed by atoms with Crippen molar-refractivity contribution in [1.82, 2.24) is 4.98 Å². The number of rotatable bonds is 4. The van der Waals surface area contributed by atoms with Gasteiger partial charge in [0.1, 0.15) is 0 Å². The van der Waals surface area contributed by atoms with Crippen LogP contribution in [-0.2, 0) is 0 Å². The van der Waals surface area contributed by atoms with E-state index in [1.165, 1.54) is 0 Å². The second kappa shape index (κ2) is 7.12. The van der Waals surface area contributed by atoms with E-state index >= 15 is 0 Å². The van der Waals surface area contributed by atoms with Crippen molar-refractivity contribution >= 4 is 20.5 Å². The topological polar surface area (TPSA) is 83.2 Å². The molecule has 0 saturated heterocycles. The SMILES string of the molecule is COc1ccc(-c2ccc(-c3nc(C)c(C(=O)O)[se]3)c(F)c2C#N)cc1. The second-order valence-corrected chi connectivity index (χ2v) is 7.52. The standard InChI is InChI=1S/C19H13FN2O3Se/c1-10-17(19(23)24)26-18(22-10)14-8-7-13(15(9-21)16(14)20)11-3-5-12(25-2)6-4-11/h3-8H,1-2H3,(H,23,24). The van der Waals surface area contributed by atoms with Gasteiger partial charge in [0.25, 0.3) is 0 Å². The monoisotopic (exact) mass is 416 g/mol. The Morgan fingerprint density at radius 2 is 1.88 bits per heavy atom. The summed E-state index contributed by atoms with van der Waals surface area (Å²) in [7, 11) is 1.55. The number of hydrogen-bond acceptors (Lipinski definition) is 4. The van der Waals surface area contributed by atoms with Crippen molar-refractivity contribution in [3.8, 4) is 33.1 Å². The van der Waals surface area contributed by atoms with E-state index in [1.54, 1.807) is 50.4 Å². The van der Waals surface area contributed by atoms with Crippen molar-refractivity contribution in [2.75, 3.05) is 7.11 Å². The Balaban J connectivity index is 2.12. The fraction of sp³-hybridized carbons (Fsp3) is 0.105. The first-order valence-corrected chi connectivity index (χ1v) is 9.25. The number of carboxylic acid groups (broad SMARTS) is 1. The predicted octanol–water partition coefficient (Wildman–Crippen LogP) is 3.50. The third-order valence-corrected chi connectivity index (χ3v) is 6.35. The van der Waals surface area contributed by atoms with Gasteiger partial charge < -0.3 is 0 Å². The number of nitriles is 1. The number of aromatic nitrogens is 1. The summed E-state index contributed by atoms with van der Waals surface area (Å²) in [6.45, 7) is 1.59. The normalized spacial score (nSPS) is 10.4. The third kappa shape index (κ3) is 3.13. The summed E-state index contributed by atoms with van der Waals surface area (Å²) in [6, 6.07) is 12.1. The average molecular weight is 415 g/mol. The van der Waals surface area contributed by atoms with Crippen LogP contribution in [0, 0.1) is 24.1 Å². The van der Waals surface area contributed by atoms with Gasteiger partial charge in [-0.3, -0.25) is 0 Å². The molecule has 130 valence electrons. The zero-order chi connectivity index (χ0) is 18.8. The Kier molecular flexibility index (Phi) is 4.90. The number of carboxylic acids is 1. The molecule has 0 amide bonds. The number of ether oxygens (including phenoxy) is 1. The Morgan fingerprint density at radius 1 is 1.23 bits per heavy atom. The van der Waals surface area contributed by atoms with Gasteiger partial charge in [0, 0.05) is 0 Å². The molecule has 2 aromatic carbocycles. The van der Waals surface area contributed by atoms with E-state index in [0.29, 0.717) is 27.1 Å². The molecule has 0 bridgehead atoms. The first-order valence-electron chi connectivity index (χ1n) is 7.54. The third-order valence-electron chi connectivity index (χ3n) is 3.88. The van der Waals surface area contributed by atoms with Crippen molar-refractivity contribution in [3.05, 3.63) is 57.9 Å². The quantitative estimate of drug-likeness (QED) is 0.660. The Labute approximate surface area is 155 Å². The van der Waals surface area contributed by atoms with Crippen molar-refractivity contribution in [3.63, 3.8) is 0 Å². The molecule has 0 aliphatic rings. The minimum absolute atomic E-state index is 0.0902. The summed E-state index contributed by atoms with van der Waals surface area (Å²) in [5.41, 5.74) is 1.62. The summed E-state index contributed by atoms with van der Waals surface area (Å²) < 4.78 is 20.7. The van der Waals surface area contributed by atoms with Gasteiger partial charge in [0.05, 0.1) is 0 Å². The first-order chi connectivity index (χ1) is 12.5. The van der Waals surface area contributed by atoms with Crippen LogP contribution in [0.15, 0.2) is 36.4 Å². The van der Waals surface area contributed by atoms with Crippen LogP contribution in [0.3, 0.4) is 0 Å². The Morgan fingerprint density at radius 3 is 2.42 bits per heavy atom. The Bertz CT molecular complexity index is 1040. The molecule has 0 radical (unpaired) electrons. The molecule has 0 unspecified atom stereocenters. The van der Waals surface area contributed by atoms with E-state index in [2.05, 4.69) is 4.98 Å². The zero-order valence-corrected chi connectivity index (χ0v) is 15.6. The van der Waals surface area contributed by atoms with Crippen LogP contribution < -0.4 is 4.74 Å². The van der Waals surface area contributed by atoms with Gasteiger partial charge in [0.15, 0.2) is 0 Å². The Hall–Kier alpha value is -2.94. The van der Waals surface area contributed by atoms with Gasteiger partial charge in [-0.2, -0.15) is 0 Å². The van der Waals surface area contributed by atoms with Crippen molar-refractivity contribution in [2.24, 2.45) is 0 Å². The molecule has 1 heterocycles. The molecule has 3 rings (SSSR count). The molecular formula is C19H13FN2O3Se. The molecule has 5 nitrogen and oxygen atoms in total. The van der Waals surface area contributed by atoms with Crippen LogP contribution in [0.5, 0.6) is 5.75 Å². The number of nitrogens with zero attached hydrogens (tertiary/aromatic N) is 2. The van der Waals surface area contributed by atoms with Crippen LogP contribution in [0.25, 0.3) is 21.3 Å². The zero-order valence-electron chi connectivity index (χ0n) is 13.9. The fourth-order valence-electron chi connectivity index (χ4n) is 2.57. The first kappa shape index (κ1) is 17.9. The summed E-state index contributed by atoms with van der Waals surface area (Å²) in [5, 5.41) is 18.6. The summed E-state index contributed by atoms with van der Waals surface area (Å²) in [6.07, 6.45) is 0. The molecule has 7 heteroatoms. The van der Waals surface area contributed by atoms with Crippen molar-refractivity contribution in [2.45, 2.75) is 6.92 Å². The van der Waals surface area contributed by atoms with Gasteiger partial charge in [-0.05, 0) is 0 Å². The number of aryl methyl sites for hydroxylation is 1. The number of benzene rings is 2. The average Bonchev–Trinajstić information content (AvgIpc) is 3.03. The van der Waals surface area contributed by atoms with Crippen LogP contribution >= 0.6 is 0 Å². The van der Waals surface area contributed by atoms with Crippen LogP contribution in [-0.4, -0.2) is 37.7 Å². The molecule has 0 saturated carbocycles. The second-order valence-electron chi connectivity index (χ2n) is 5.43. The number of methoxy groups -OCH3 is 1. The number of carbonyl (C=O) groups is 1. The number of aromatic carboxylic acids is 1. The molecule has 0 spiro atoms. The molecule has 3 aromatic rings. The van der Waals surface area contributed by atoms with E-state index in [-0.39, 0.29) is 15.6 Å². The van der Waals surface area contributed by atoms with E-state index in [1.807, 2.05) is 6.07 Å². The van der Waals surface area contributed by atoms with Gasteiger partial charge >= 0.3 is 155 Å². The van der Waals surface area contributed by atoms with Gasteiger partial charge in [-0.25, -0.2) is 0 Å². The van der Waals surface area contributed by atoms with Crippen LogP contribution in [0.4, 0.5) is 4.39 Å². The number of halogens is 1. The van der Waals surface area contributed by atoms with Gasteiger partial charge in [-0.15, -0.1) is 0 Å². The fourth-order valence-corrected chi connectivity index (χ4v) is 4.51. The summed E-state index contributed by atoms with van der Waals surface area (Å²) in [5.74, 6) is -1.06. The predicted molar refractivity (Wildman–Crippen MR) is 95.0 cm³/mol. The number of hydrogen-bond donors (Lipinski definition) is 1. The van der Waals surface area contributed by atoms with Crippen molar-refractivity contribution < 1.29 is 19.0 Å². The molecule has 0 aliphatic heterocycles. The maximum absolute atomic E-state index is 15.0. The van der Waals surface area contributed by atoms with Gasteiger partial charge in [0.2, 0.25) is 0 Å². The summed E-state index contributed by atoms with van der Waals surface area (Å²) in [4.78, 5) is 15.4. The molecule has 0 fully saturated rings. The molecular weight excluding hydrogens is 402 g/mol. The molecule has 1 N–H and O–H groups in total. The van der Waals surface area contributed by atoms with Crippen molar-refractivity contribution in [1.29, 1.82) is 5.26 Å². The minimum atomic E-state index is -1.04.